The molecule has 5 amide bonds. The smallest absolute Gasteiger partial charge is 0.254 e. The minimum absolute atomic E-state index is 0.0747. The summed E-state index contributed by atoms with van der Waals surface area (Å²) in [6, 6.07) is 9.15. The molecule has 23 heteroatoms. The van der Waals surface area contributed by atoms with Crippen LogP contribution in [0.4, 0.5) is 20.3 Å². The van der Waals surface area contributed by atoms with Gasteiger partial charge in [0, 0.05) is 86.6 Å². The third-order valence-electron chi connectivity index (χ3n) is 15.6. The number of nitrogens with two attached hydrogens (primary N) is 1. The Morgan fingerprint density at radius 2 is 1.59 bits per heavy atom. The average molecular weight is 1110 g/mol. The van der Waals surface area contributed by atoms with Gasteiger partial charge in [0.05, 0.1) is 80.5 Å². The lowest BCUT2D eigenvalue weighted by atomic mass is 9.88. The van der Waals surface area contributed by atoms with Gasteiger partial charge in [0.1, 0.15) is 29.5 Å². The number of thioether (sulfide) groups is 1. The zero-order valence-corrected chi connectivity index (χ0v) is 45.8. The number of carbonyl (C=O) groups is 6. The molecule has 0 radical (unpaired) electrons. The average Bonchev–Trinajstić information content (AvgIpc) is 4.38. The number of likely N-dealkylation sites (N-methyl/N-ethyl adjacent to an activating group) is 1. The van der Waals surface area contributed by atoms with Crippen LogP contribution >= 0.6 is 11.8 Å². The zero-order valence-electron chi connectivity index (χ0n) is 45.0. The molecule has 5 N–H and O–H groups in total. The minimum Gasteiger partial charge on any atom is -0.382 e. The lowest BCUT2D eigenvalue weighted by Gasteiger charge is -2.38. The molecule has 0 spiro atoms. The van der Waals surface area contributed by atoms with Crippen LogP contribution in [0.3, 0.4) is 0 Å². The summed E-state index contributed by atoms with van der Waals surface area (Å²) in [5, 5.41) is 14.4. The van der Waals surface area contributed by atoms with E-state index in [0.717, 1.165) is 30.4 Å². The van der Waals surface area contributed by atoms with E-state index in [1.807, 2.05) is 12.3 Å². The Morgan fingerprint density at radius 3 is 2.35 bits per heavy atom. The molecule has 2 bridgehead atoms. The topological polar surface area (TPSA) is 239 Å². The highest BCUT2D eigenvalue weighted by molar-refractivity contribution is 8.14. The Labute approximate surface area is 462 Å². The monoisotopic (exact) mass is 1110 g/mol. The van der Waals surface area contributed by atoms with Gasteiger partial charge in [-0.25, -0.2) is 13.8 Å². The van der Waals surface area contributed by atoms with Crippen LogP contribution in [0.1, 0.15) is 96.3 Å². The van der Waals surface area contributed by atoms with Gasteiger partial charge in [-0.05, 0) is 113 Å². The molecule has 1 unspecified atom stereocenters. The molecule has 5 aliphatic rings. The number of Topliss-reactive ketones (excluding diaryl/α,β-unsaturated/α-hetero) is 1. The maximum atomic E-state index is 14.7. The molecule has 79 heavy (non-hydrogen) atoms. The van der Waals surface area contributed by atoms with Crippen molar-refractivity contribution in [2.75, 3.05) is 89.6 Å². The number of nitrogen functional groups attached to an aromatic ring is 1. The Morgan fingerprint density at radius 1 is 0.873 bits per heavy atom. The first-order valence-electron chi connectivity index (χ1n) is 27.3. The number of ether oxygens (including phenoxy) is 2. The lowest BCUT2D eigenvalue weighted by molar-refractivity contribution is -0.140. The van der Waals surface area contributed by atoms with Crippen LogP contribution in [0.15, 0.2) is 65.9 Å². The van der Waals surface area contributed by atoms with Crippen LogP contribution in [0.2, 0.25) is 0 Å². The normalized spacial score (nSPS) is 20.1. The van der Waals surface area contributed by atoms with Crippen LogP contribution in [0, 0.1) is 17.6 Å². The molecule has 2 aromatic heterocycles. The number of nitrogens with zero attached hydrogens (tertiary/aromatic N) is 8. The van der Waals surface area contributed by atoms with Crippen LogP contribution in [0.25, 0.3) is 11.1 Å². The summed E-state index contributed by atoms with van der Waals surface area (Å²) in [4.78, 5) is 97.5. The summed E-state index contributed by atoms with van der Waals surface area (Å²) in [5.74, 6) is -1.50. The van der Waals surface area contributed by atoms with Crippen LogP contribution < -0.4 is 26.6 Å². The molecule has 7 heterocycles. The number of hydrogen-bond acceptors (Lipinski definition) is 15. The third kappa shape index (κ3) is 13.4. The minimum atomic E-state index is -0.813. The molecule has 0 saturated carbocycles. The second kappa shape index (κ2) is 26.0. The van der Waals surface area contributed by atoms with E-state index in [0.29, 0.717) is 96.7 Å². The number of halogens is 2. The molecule has 4 aromatic rings. The summed E-state index contributed by atoms with van der Waals surface area (Å²) in [6.07, 6.45) is 7.87. The molecule has 9 rings (SSSR count). The first-order valence-corrected chi connectivity index (χ1v) is 28.3. The van der Waals surface area contributed by atoms with E-state index in [-0.39, 0.29) is 106 Å². The summed E-state index contributed by atoms with van der Waals surface area (Å²) in [5.41, 5.74) is 10.8. The van der Waals surface area contributed by atoms with Crippen molar-refractivity contribution in [2.24, 2.45) is 10.9 Å². The van der Waals surface area contributed by atoms with Gasteiger partial charge in [-0.1, -0.05) is 0 Å². The summed E-state index contributed by atoms with van der Waals surface area (Å²) >= 11 is 1.46. The molecule has 0 aliphatic carbocycles. The van der Waals surface area contributed by atoms with Crippen molar-refractivity contribution in [1.82, 2.24) is 45.4 Å². The van der Waals surface area contributed by atoms with Gasteiger partial charge in [0.15, 0.2) is 5.78 Å². The number of carbonyl (C=O) groups excluding carboxylic acids is 6. The Hall–Kier alpha value is -6.82. The Balaban J connectivity index is 0.691. The largest absolute Gasteiger partial charge is 0.382 e. The van der Waals surface area contributed by atoms with E-state index < -0.39 is 29.8 Å². The maximum absolute atomic E-state index is 14.7. The predicted octanol–water partition coefficient (Wildman–Crippen LogP) is 4.38. The van der Waals surface area contributed by atoms with E-state index in [4.69, 9.17) is 25.3 Å². The number of benzene rings is 2. The summed E-state index contributed by atoms with van der Waals surface area (Å²) < 4.78 is 41.3. The lowest BCUT2D eigenvalue weighted by Crippen LogP contribution is -2.58. The van der Waals surface area contributed by atoms with Crippen molar-refractivity contribution >= 4 is 63.6 Å². The quantitative estimate of drug-likeness (QED) is 0.0710. The van der Waals surface area contributed by atoms with Crippen molar-refractivity contribution < 1.29 is 47.0 Å². The van der Waals surface area contributed by atoms with Crippen molar-refractivity contribution in [3.05, 3.63) is 94.9 Å². The number of aliphatic imine (C=N–C) groups is 1. The number of piperidine rings is 1. The molecule has 3 fully saturated rings. The van der Waals surface area contributed by atoms with E-state index in [9.17, 15) is 37.5 Å². The van der Waals surface area contributed by atoms with Crippen LogP contribution in [-0.4, -0.2) is 173 Å². The van der Waals surface area contributed by atoms with Gasteiger partial charge < -0.3 is 50.8 Å². The Bertz CT molecular complexity index is 2920. The first-order chi connectivity index (χ1) is 38.2. The number of hydrogen-bond donors (Lipinski definition) is 4. The van der Waals surface area contributed by atoms with Gasteiger partial charge in [-0.3, -0.25) is 38.4 Å². The molecule has 5 atom stereocenters. The number of pyridine rings is 1. The van der Waals surface area contributed by atoms with Crippen molar-refractivity contribution in [1.29, 1.82) is 0 Å². The fourth-order valence-corrected chi connectivity index (χ4v) is 12.3. The van der Waals surface area contributed by atoms with Gasteiger partial charge in [0.25, 0.3) is 5.91 Å². The molecule has 2 aromatic carbocycles. The molecular formula is C56H70F2N12O8S. The van der Waals surface area contributed by atoms with E-state index in [1.54, 1.807) is 52.7 Å². The molecular weight excluding hydrogens is 1040 g/mol. The van der Waals surface area contributed by atoms with E-state index in [1.165, 1.54) is 48.2 Å². The van der Waals surface area contributed by atoms with Gasteiger partial charge in [-0.2, -0.15) is 5.10 Å². The fourth-order valence-electron chi connectivity index (χ4n) is 11.1. The number of likely N-dealkylation sites (tertiary alicyclic amines) is 2. The molecule has 20 nitrogen and oxygen atoms in total. The Kier molecular flexibility index (Phi) is 18.7. The van der Waals surface area contributed by atoms with Gasteiger partial charge in [0.2, 0.25) is 23.6 Å². The summed E-state index contributed by atoms with van der Waals surface area (Å²) in [7, 11) is 3.38. The van der Waals surface area contributed by atoms with Gasteiger partial charge >= 0.3 is 0 Å². The number of fused-ring (bicyclic) bond motifs is 8. The standard InChI is InChI=1S/C56H70F2N12O8S/c1-34(60-2)53(74)64-50(56(76)70-20-5-7-46(70)54-63-44(33-79-54)51(73)36-8-10-38(57)11-9-36)35-14-21-67(22-15-35)49(72)17-25-78-27-26-77-24-16-48(71)61-18-23-68-31-42-37-28-47(52(59)62-30-37)69-19-4-6-45(69)41-29-39(58)12-13-40(41)55(75)66(3)32-43(42)65-68/h8-13,28-31,34-35,44-46,50,60H,4-7,14-27,32-33H2,1-3H3,(H2,59,62)(H,61,71)(H,64,74)/t34-,44?,45-,46-,50-/m1/s1. The van der Waals surface area contributed by atoms with Gasteiger partial charge in [-0.15, -0.1) is 11.8 Å². The van der Waals surface area contributed by atoms with Crippen LogP contribution in [-0.2, 0) is 41.7 Å². The van der Waals surface area contributed by atoms with Crippen LogP contribution in [0.5, 0.6) is 0 Å². The fraction of sp³-hybridized carbons (Fsp3) is 0.518. The SMILES string of the molecule is CN[C@H](C)C(=O)N[C@@H](C(=O)N1CCC[C@@H]1C1=NC(C(=O)c2ccc(F)cc2)CS1)C1CCN(C(=O)CCOCCOCCC(=O)NCCn2cc3c(n2)CN(C)C(=O)c2ccc(F)cc2[C@H]2CCCN2c2cc-3cnc2N)CC1. The highest BCUT2D eigenvalue weighted by Gasteiger charge is 2.43. The van der Waals surface area contributed by atoms with E-state index in [2.05, 4.69) is 25.8 Å². The number of ketones is 1. The number of amides is 5. The number of aromatic nitrogens is 3. The molecule has 5 aliphatic heterocycles. The van der Waals surface area contributed by atoms with Crippen molar-refractivity contribution in [3.8, 4) is 11.1 Å². The highest BCUT2D eigenvalue weighted by Crippen LogP contribution is 2.42. The predicted molar refractivity (Wildman–Crippen MR) is 294 cm³/mol. The first kappa shape index (κ1) is 56.9. The van der Waals surface area contributed by atoms with Crippen molar-refractivity contribution in [3.63, 3.8) is 0 Å². The second-order valence-electron chi connectivity index (χ2n) is 20.8. The summed E-state index contributed by atoms with van der Waals surface area (Å²) in [6.45, 7) is 5.36. The maximum Gasteiger partial charge on any atom is 0.254 e. The highest BCUT2D eigenvalue weighted by atomic mass is 32.2. The molecule has 3 saturated heterocycles. The van der Waals surface area contributed by atoms with Crippen molar-refractivity contribution in [2.45, 2.75) is 102 Å². The molecule has 422 valence electrons. The zero-order chi connectivity index (χ0) is 55.7. The number of rotatable bonds is 20. The number of nitrogens with one attached hydrogen (secondary N) is 3. The second-order valence-corrected chi connectivity index (χ2v) is 21.8. The third-order valence-corrected chi connectivity index (χ3v) is 16.7. The van der Waals surface area contributed by atoms with E-state index >= 15 is 0 Å². The number of anilines is 2.